The first-order chi connectivity index (χ1) is 25.8. The normalized spacial score (nSPS) is 11.3. The molecule has 6 N–H and O–H groups in total. The van der Waals surface area contributed by atoms with Crippen molar-refractivity contribution in [2.45, 2.75) is 146 Å². The van der Waals surface area contributed by atoms with E-state index in [0.29, 0.717) is 22.7 Å². The lowest BCUT2D eigenvalue weighted by Gasteiger charge is -2.21. The van der Waals surface area contributed by atoms with Crippen molar-refractivity contribution in [3.8, 4) is 17.2 Å². The Morgan fingerprint density at radius 1 is 0.534 bits per heavy atom. The molecule has 0 aliphatic rings. The van der Waals surface area contributed by atoms with Gasteiger partial charge < -0.3 is 45.6 Å². The molecule has 0 saturated heterocycles. The fourth-order valence-electron chi connectivity index (χ4n) is 4.30. The van der Waals surface area contributed by atoms with Crippen molar-refractivity contribution in [2.24, 2.45) is 0 Å². The van der Waals surface area contributed by atoms with Gasteiger partial charge in [-0.1, -0.05) is 42.2 Å². The summed E-state index contributed by atoms with van der Waals surface area (Å²) in [5.41, 5.74) is 17.2. The Balaban J connectivity index is 0.000000834. The average molecular weight is 873 g/mol. The van der Waals surface area contributed by atoms with Crippen molar-refractivity contribution < 1.29 is 42.8 Å². The molecule has 15 heteroatoms. The van der Waals surface area contributed by atoms with E-state index in [4.69, 9.17) is 80.4 Å². The molecule has 0 atom stereocenters. The van der Waals surface area contributed by atoms with Gasteiger partial charge in [0, 0.05) is 11.8 Å². The molecule has 3 aromatic carbocycles. The van der Waals surface area contributed by atoms with Crippen LogP contribution >= 0.6 is 34.8 Å². The van der Waals surface area contributed by atoms with Crippen LogP contribution in [0.4, 0.5) is 17.1 Å². The number of benzene rings is 3. The number of ether oxygens (including phenoxy) is 6. The van der Waals surface area contributed by atoms with Crippen LogP contribution in [0.25, 0.3) is 0 Å². The van der Waals surface area contributed by atoms with Crippen LogP contribution in [0.1, 0.15) is 142 Å². The van der Waals surface area contributed by atoms with Crippen molar-refractivity contribution in [1.29, 1.82) is 0 Å². The van der Waals surface area contributed by atoms with Crippen LogP contribution in [-0.2, 0) is 14.2 Å². The van der Waals surface area contributed by atoms with Crippen LogP contribution in [-0.4, -0.2) is 53.0 Å². The van der Waals surface area contributed by atoms with E-state index >= 15 is 0 Å². The molecule has 0 bridgehead atoms. The third kappa shape index (κ3) is 18.6. The summed E-state index contributed by atoms with van der Waals surface area (Å²) in [6.07, 6.45) is -0.0715. The summed E-state index contributed by atoms with van der Waals surface area (Å²) >= 11 is 18.3. The smallest absolute Gasteiger partial charge is 0.340 e. The molecule has 0 unspecified atom stereocenters. The SMILES string of the molecule is C.CC(C)Oc1c(Cl)cc(C(=O)OC(C)(C)C)c(N)c1Cl.CC(C)Oc1ccc(C(=O)OC(C)(C)C)c(N)c1.CC(C)Oc1ccc(C(=O)OC(C)(C)C)c(N)c1Cl. The first-order valence-electron chi connectivity index (χ1n) is 18.3. The zero-order chi connectivity index (χ0) is 44.4. The van der Waals surface area contributed by atoms with Crippen LogP contribution in [0.3, 0.4) is 0 Å². The standard InChI is InChI=1S/C14H19Cl2NO3.C14H20ClNO3.C14H21NO3.CH4/c1-7(2)19-12-9(15)6-8(11(17)10(12)16)13(18)20-14(3,4)5;1-8(2)18-10-7-6-9(12(16)11(10)15)13(17)19-14(3,4)5;1-9(2)17-10-6-7-11(12(15)8-10)13(16)18-14(3,4)5;/h6-7H,17H2,1-5H3;6-8H,16H2,1-5H3;6-9H,15H2,1-5H3;1H4. The predicted octanol–water partition coefficient (Wildman–Crippen LogP) is 11.6. The Labute approximate surface area is 360 Å². The monoisotopic (exact) mass is 871 g/mol. The molecule has 0 radical (unpaired) electrons. The Hall–Kier alpha value is -4.26. The molecule has 0 spiro atoms. The van der Waals surface area contributed by atoms with E-state index in [2.05, 4.69) is 0 Å². The van der Waals surface area contributed by atoms with Crippen LogP contribution in [0.5, 0.6) is 17.2 Å². The molecule has 0 heterocycles. The highest BCUT2D eigenvalue weighted by Crippen LogP contribution is 2.41. The lowest BCUT2D eigenvalue weighted by Crippen LogP contribution is -2.24. The summed E-state index contributed by atoms with van der Waals surface area (Å²) in [5.74, 6) is -0.113. The van der Waals surface area contributed by atoms with Crippen molar-refractivity contribution >= 4 is 69.8 Å². The number of nitrogen functional groups attached to an aromatic ring is 3. The summed E-state index contributed by atoms with van der Waals surface area (Å²) in [6.45, 7) is 27.4. The fraction of sp³-hybridized carbons (Fsp3) is 0.512. The Bertz CT molecular complexity index is 1860. The van der Waals surface area contributed by atoms with Gasteiger partial charge >= 0.3 is 17.9 Å². The van der Waals surface area contributed by atoms with Crippen molar-refractivity contribution in [1.82, 2.24) is 0 Å². The second kappa shape index (κ2) is 22.2. The predicted molar refractivity (Wildman–Crippen MR) is 237 cm³/mol. The highest BCUT2D eigenvalue weighted by atomic mass is 35.5. The van der Waals surface area contributed by atoms with Crippen LogP contribution in [0.2, 0.25) is 15.1 Å². The summed E-state index contributed by atoms with van der Waals surface area (Å²) in [6, 6.07) is 9.58. The molecule has 326 valence electrons. The zero-order valence-electron chi connectivity index (χ0n) is 35.7. The van der Waals surface area contributed by atoms with Gasteiger partial charge in [0.1, 0.15) is 38.3 Å². The molecule has 3 aromatic rings. The summed E-state index contributed by atoms with van der Waals surface area (Å²) < 4.78 is 32.3. The molecule has 3 rings (SSSR count). The fourth-order valence-corrected chi connectivity index (χ4v) is 5.05. The van der Waals surface area contributed by atoms with Gasteiger partial charge in [-0.15, -0.1) is 0 Å². The number of carbonyl (C=O) groups excluding carboxylic acids is 3. The number of nitrogens with two attached hydrogens (primary N) is 3. The Morgan fingerprint density at radius 2 is 0.931 bits per heavy atom. The Morgan fingerprint density at radius 3 is 1.34 bits per heavy atom. The van der Waals surface area contributed by atoms with E-state index in [0.717, 1.165) is 0 Å². The summed E-state index contributed by atoms with van der Waals surface area (Å²) in [5, 5.41) is 0.572. The minimum Gasteiger partial charge on any atom is -0.491 e. The first-order valence-corrected chi connectivity index (χ1v) is 19.4. The largest absolute Gasteiger partial charge is 0.491 e. The highest BCUT2D eigenvalue weighted by Gasteiger charge is 2.26. The van der Waals surface area contributed by atoms with Gasteiger partial charge in [-0.2, -0.15) is 0 Å². The molecular weight excluding hydrogens is 809 g/mol. The van der Waals surface area contributed by atoms with E-state index in [1.807, 2.05) is 62.3 Å². The minimum absolute atomic E-state index is 0. The lowest BCUT2D eigenvalue weighted by molar-refractivity contribution is 0.00580. The van der Waals surface area contributed by atoms with E-state index in [1.165, 1.54) is 6.07 Å². The molecular formula is C43H64Cl3N3O9. The number of rotatable bonds is 9. The minimum atomic E-state index is -0.629. The molecule has 12 nitrogen and oxygen atoms in total. The van der Waals surface area contributed by atoms with Gasteiger partial charge in [-0.25, -0.2) is 14.4 Å². The number of hydrogen-bond acceptors (Lipinski definition) is 12. The van der Waals surface area contributed by atoms with Crippen LogP contribution in [0.15, 0.2) is 36.4 Å². The van der Waals surface area contributed by atoms with Crippen LogP contribution in [0, 0.1) is 0 Å². The molecule has 0 saturated carbocycles. The van der Waals surface area contributed by atoms with E-state index in [9.17, 15) is 14.4 Å². The second-order valence-corrected chi connectivity index (χ2v) is 17.7. The van der Waals surface area contributed by atoms with Gasteiger partial charge in [0.2, 0.25) is 0 Å². The Kier molecular flexibility index (Phi) is 20.6. The van der Waals surface area contributed by atoms with E-state index in [1.54, 1.807) is 71.9 Å². The summed E-state index contributed by atoms with van der Waals surface area (Å²) in [7, 11) is 0. The van der Waals surface area contributed by atoms with Gasteiger partial charge in [0.05, 0.1) is 51.4 Å². The highest BCUT2D eigenvalue weighted by molar-refractivity contribution is 6.39. The van der Waals surface area contributed by atoms with Gasteiger partial charge in [0.25, 0.3) is 0 Å². The first kappa shape index (κ1) is 53.7. The van der Waals surface area contributed by atoms with E-state index < -0.39 is 34.7 Å². The molecule has 0 aliphatic heterocycles. The average Bonchev–Trinajstić information content (AvgIpc) is 3.01. The molecule has 58 heavy (non-hydrogen) atoms. The summed E-state index contributed by atoms with van der Waals surface area (Å²) in [4.78, 5) is 35.9. The van der Waals surface area contributed by atoms with Crippen molar-refractivity contribution in [2.75, 3.05) is 17.2 Å². The van der Waals surface area contributed by atoms with Gasteiger partial charge in [0.15, 0.2) is 5.75 Å². The molecule has 0 aliphatic carbocycles. The number of hydrogen-bond donors (Lipinski definition) is 3. The zero-order valence-corrected chi connectivity index (χ0v) is 38.0. The number of carbonyl (C=O) groups is 3. The number of halogens is 3. The molecule has 0 aromatic heterocycles. The number of esters is 3. The maximum Gasteiger partial charge on any atom is 0.340 e. The second-order valence-electron chi connectivity index (χ2n) is 16.6. The molecule has 0 fully saturated rings. The van der Waals surface area contributed by atoms with Crippen molar-refractivity contribution in [3.05, 3.63) is 68.2 Å². The molecule has 0 amide bonds. The van der Waals surface area contributed by atoms with Gasteiger partial charge in [-0.05, 0) is 134 Å². The van der Waals surface area contributed by atoms with E-state index in [-0.39, 0.29) is 69.1 Å². The maximum atomic E-state index is 12.1. The lowest BCUT2D eigenvalue weighted by atomic mass is 10.1. The van der Waals surface area contributed by atoms with Gasteiger partial charge in [-0.3, -0.25) is 0 Å². The third-order valence-electron chi connectivity index (χ3n) is 6.33. The van der Waals surface area contributed by atoms with Crippen LogP contribution < -0.4 is 31.4 Å². The third-order valence-corrected chi connectivity index (χ3v) is 7.37. The topological polar surface area (TPSA) is 185 Å². The van der Waals surface area contributed by atoms with Crippen molar-refractivity contribution in [3.63, 3.8) is 0 Å². The maximum absolute atomic E-state index is 12.1. The number of anilines is 3. The quantitative estimate of drug-likeness (QED) is 0.105.